The lowest BCUT2D eigenvalue weighted by molar-refractivity contribution is -0.142. The van der Waals surface area contributed by atoms with Gasteiger partial charge in [0.1, 0.15) is 5.82 Å². The predicted molar refractivity (Wildman–Crippen MR) is 148 cm³/mol. The number of esters is 1. The number of fused-ring (bicyclic) bond motifs is 1. The lowest BCUT2D eigenvalue weighted by Gasteiger charge is -2.40. The summed E-state index contributed by atoms with van der Waals surface area (Å²) in [5, 5.41) is 4.36. The Morgan fingerprint density at radius 3 is 2.69 bits per heavy atom. The zero-order chi connectivity index (χ0) is 29.2. The fraction of sp³-hybridized carbons (Fsp3) is 0.444. The SMILES string of the molecule is COC(=O)COc1cc(N2CCN(C[C@@H]3CCCN(c4nc(N)n5nc(-c6ccco6)nc5n4)C3)CC2)c(F)cc1F. The number of ether oxygens (including phenoxy) is 2. The Balaban J connectivity index is 1.07. The van der Waals surface area contributed by atoms with E-state index in [2.05, 4.69) is 34.6 Å². The van der Waals surface area contributed by atoms with Crippen LogP contribution >= 0.6 is 0 Å². The number of halogens is 2. The smallest absolute Gasteiger partial charge is 0.343 e. The molecule has 2 saturated heterocycles. The number of piperidine rings is 1. The van der Waals surface area contributed by atoms with Gasteiger partial charge in [-0.05, 0) is 30.9 Å². The van der Waals surface area contributed by atoms with Gasteiger partial charge in [-0.1, -0.05) is 0 Å². The van der Waals surface area contributed by atoms with E-state index in [0.717, 1.165) is 51.6 Å². The van der Waals surface area contributed by atoms with Crippen molar-refractivity contribution in [1.29, 1.82) is 0 Å². The monoisotopic (exact) mass is 583 g/mol. The molecule has 0 aliphatic carbocycles. The van der Waals surface area contributed by atoms with E-state index in [1.165, 1.54) is 17.7 Å². The first-order chi connectivity index (χ1) is 20.4. The Morgan fingerprint density at radius 2 is 1.93 bits per heavy atom. The third-order valence-corrected chi connectivity index (χ3v) is 7.57. The van der Waals surface area contributed by atoms with E-state index in [-0.39, 0.29) is 17.4 Å². The normalized spacial score (nSPS) is 18.0. The molecule has 3 aromatic heterocycles. The molecule has 2 aliphatic heterocycles. The Kier molecular flexibility index (Phi) is 7.73. The van der Waals surface area contributed by atoms with Gasteiger partial charge in [0.15, 0.2) is 23.9 Å². The third kappa shape index (κ3) is 5.77. The van der Waals surface area contributed by atoms with Crippen LogP contribution in [0.25, 0.3) is 17.4 Å². The van der Waals surface area contributed by atoms with E-state index in [1.54, 1.807) is 18.4 Å². The molecule has 6 rings (SSSR count). The van der Waals surface area contributed by atoms with Gasteiger partial charge in [0.05, 0.1) is 19.1 Å². The van der Waals surface area contributed by atoms with Gasteiger partial charge in [0.25, 0.3) is 5.78 Å². The highest BCUT2D eigenvalue weighted by Gasteiger charge is 2.28. The molecule has 4 aromatic rings. The molecular weight excluding hydrogens is 552 g/mol. The molecule has 2 aliphatic rings. The second-order valence-electron chi connectivity index (χ2n) is 10.3. The molecule has 0 spiro atoms. The summed E-state index contributed by atoms with van der Waals surface area (Å²) in [6.45, 7) is 4.56. The number of piperazine rings is 1. The van der Waals surface area contributed by atoms with Gasteiger partial charge in [-0.25, -0.2) is 13.6 Å². The number of nitrogens with zero attached hydrogens (tertiary/aromatic N) is 8. The molecular formula is C27H31F2N9O4. The summed E-state index contributed by atoms with van der Waals surface area (Å²) >= 11 is 0. The zero-order valence-electron chi connectivity index (χ0n) is 23.1. The second kappa shape index (κ2) is 11.8. The largest absolute Gasteiger partial charge is 0.479 e. The molecule has 0 bridgehead atoms. The van der Waals surface area contributed by atoms with E-state index in [1.807, 2.05) is 4.90 Å². The van der Waals surface area contributed by atoms with Gasteiger partial charge in [-0.3, -0.25) is 4.90 Å². The summed E-state index contributed by atoms with van der Waals surface area (Å²) in [5.74, 6) is -0.0158. The molecule has 222 valence electrons. The van der Waals surface area contributed by atoms with Crippen molar-refractivity contribution in [3.8, 4) is 17.3 Å². The molecule has 0 unspecified atom stereocenters. The van der Waals surface area contributed by atoms with E-state index < -0.39 is 24.2 Å². The van der Waals surface area contributed by atoms with Crippen molar-refractivity contribution < 1.29 is 27.5 Å². The van der Waals surface area contributed by atoms with E-state index in [9.17, 15) is 13.6 Å². The van der Waals surface area contributed by atoms with Crippen LogP contribution in [0.15, 0.2) is 34.9 Å². The van der Waals surface area contributed by atoms with Crippen LogP contribution in [-0.2, 0) is 9.53 Å². The van der Waals surface area contributed by atoms with Crippen LogP contribution < -0.4 is 20.3 Å². The molecule has 0 saturated carbocycles. The maximum Gasteiger partial charge on any atom is 0.343 e. The fourth-order valence-corrected chi connectivity index (χ4v) is 5.44. The first-order valence-corrected chi connectivity index (χ1v) is 13.7. The van der Waals surface area contributed by atoms with Crippen LogP contribution in [0.1, 0.15) is 12.8 Å². The fourth-order valence-electron chi connectivity index (χ4n) is 5.44. The molecule has 15 heteroatoms. The number of aromatic nitrogens is 5. The molecule has 42 heavy (non-hydrogen) atoms. The Morgan fingerprint density at radius 1 is 1.10 bits per heavy atom. The van der Waals surface area contributed by atoms with E-state index in [0.29, 0.717) is 42.3 Å². The number of benzene rings is 1. The first-order valence-electron chi connectivity index (χ1n) is 13.7. The Labute approximate surface area is 239 Å². The van der Waals surface area contributed by atoms with Crippen LogP contribution in [-0.4, -0.2) is 95.0 Å². The number of nitrogens with two attached hydrogens (primary N) is 1. The molecule has 0 amide bonds. The number of methoxy groups -OCH3 is 1. The number of nitrogen functional groups attached to an aromatic ring is 1. The van der Waals surface area contributed by atoms with E-state index >= 15 is 0 Å². The average molecular weight is 584 g/mol. The molecule has 1 aromatic carbocycles. The lowest BCUT2D eigenvalue weighted by Crippen LogP contribution is -2.50. The summed E-state index contributed by atoms with van der Waals surface area (Å²) in [4.78, 5) is 31.3. The highest BCUT2D eigenvalue weighted by molar-refractivity contribution is 5.71. The molecule has 2 fully saturated rings. The summed E-state index contributed by atoms with van der Waals surface area (Å²) < 4.78 is 45.4. The highest BCUT2D eigenvalue weighted by Crippen LogP contribution is 2.30. The number of rotatable bonds is 8. The summed E-state index contributed by atoms with van der Waals surface area (Å²) in [5.41, 5.74) is 6.45. The van der Waals surface area contributed by atoms with E-state index in [4.69, 9.17) is 14.9 Å². The number of carbonyl (C=O) groups excluding carboxylic acids is 1. The van der Waals surface area contributed by atoms with Crippen molar-refractivity contribution in [1.82, 2.24) is 29.5 Å². The van der Waals surface area contributed by atoms with Gasteiger partial charge >= 0.3 is 5.97 Å². The topological polar surface area (TPSA) is 140 Å². The van der Waals surface area contributed by atoms with Gasteiger partial charge in [0, 0.05) is 57.9 Å². The van der Waals surface area contributed by atoms with Crippen molar-refractivity contribution in [2.24, 2.45) is 5.92 Å². The third-order valence-electron chi connectivity index (χ3n) is 7.57. The van der Waals surface area contributed by atoms with Crippen molar-refractivity contribution in [3.05, 3.63) is 42.2 Å². The van der Waals surface area contributed by atoms with Crippen LogP contribution in [0.5, 0.6) is 5.75 Å². The minimum atomic E-state index is -0.868. The first kappa shape index (κ1) is 27.6. The molecule has 1 atom stereocenters. The average Bonchev–Trinajstić information content (AvgIpc) is 3.68. The lowest BCUT2D eigenvalue weighted by atomic mass is 9.97. The van der Waals surface area contributed by atoms with Crippen molar-refractivity contribution in [2.75, 3.05) is 75.1 Å². The maximum absolute atomic E-state index is 14.7. The number of hydrogen-bond donors (Lipinski definition) is 1. The molecule has 2 N–H and O–H groups in total. The number of hydrogen-bond acceptors (Lipinski definition) is 12. The maximum atomic E-state index is 14.7. The summed E-state index contributed by atoms with van der Waals surface area (Å²) in [6.07, 6.45) is 3.60. The minimum absolute atomic E-state index is 0.189. The Bertz CT molecular complexity index is 1560. The van der Waals surface area contributed by atoms with Crippen molar-refractivity contribution in [3.63, 3.8) is 0 Å². The molecule has 13 nitrogen and oxygen atoms in total. The molecule has 0 radical (unpaired) electrons. The van der Waals surface area contributed by atoms with Crippen molar-refractivity contribution in [2.45, 2.75) is 12.8 Å². The molecule has 5 heterocycles. The van der Waals surface area contributed by atoms with Crippen LogP contribution in [0, 0.1) is 17.6 Å². The Hall–Kier alpha value is -4.53. The van der Waals surface area contributed by atoms with Crippen LogP contribution in [0.3, 0.4) is 0 Å². The number of carbonyl (C=O) groups is 1. The van der Waals surface area contributed by atoms with Gasteiger partial charge in [0.2, 0.25) is 17.7 Å². The van der Waals surface area contributed by atoms with Gasteiger partial charge < -0.3 is 29.4 Å². The van der Waals surface area contributed by atoms with Crippen LogP contribution in [0.4, 0.5) is 26.4 Å². The highest BCUT2D eigenvalue weighted by atomic mass is 19.1. The van der Waals surface area contributed by atoms with Crippen LogP contribution in [0.2, 0.25) is 0 Å². The van der Waals surface area contributed by atoms with Crippen molar-refractivity contribution >= 4 is 29.3 Å². The zero-order valence-corrected chi connectivity index (χ0v) is 23.1. The summed E-state index contributed by atoms with van der Waals surface area (Å²) in [7, 11) is 1.21. The predicted octanol–water partition coefficient (Wildman–Crippen LogP) is 2.23. The van der Waals surface area contributed by atoms with Gasteiger partial charge in [-0.2, -0.15) is 19.5 Å². The number of furan rings is 1. The number of anilines is 3. The summed E-state index contributed by atoms with van der Waals surface area (Å²) in [6, 6.07) is 5.62. The quantitative estimate of drug-likeness (QED) is 0.304. The standard InChI is InChI=1S/C27H31F2N9O4/c1-40-23(39)16-42-22-13-20(18(28)12-19(22)29)36-9-7-35(8-10-36)14-17-4-2-6-37(15-17)26-32-25(30)38-27(33-26)31-24(34-38)21-5-3-11-41-21/h3,5,11-13,17H,2,4,6-10,14-16H2,1H3,(H2,30,31,32,33,34)/t17-/m0/s1. The van der Waals surface area contributed by atoms with Gasteiger partial charge in [-0.15, -0.1) is 5.10 Å². The minimum Gasteiger partial charge on any atom is -0.479 e. The second-order valence-corrected chi connectivity index (χ2v) is 10.3.